The molecule has 0 unspecified atom stereocenters. The van der Waals surface area contributed by atoms with E-state index in [2.05, 4.69) is 41.1 Å². The summed E-state index contributed by atoms with van der Waals surface area (Å²) in [6.45, 7) is 1.28. The SMILES string of the molecule is CSc1nc2ncnc(NCCNc3nnnn3-c3ccccc3)c2s1. The van der Waals surface area contributed by atoms with Crippen LogP contribution >= 0.6 is 23.1 Å². The molecule has 0 aliphatic heterocycles. The Morgan fingerprint density at radius 1 is 1.12 bits per heavy atom. The summed E-state index contributed by atoms with van der Waals surface area (Å²) in [4.78, 5) is 13.0. The van der Waals surface area contributed by atoms with Crippen LogP contribution < -0.4 is 10.6 Å². The number of thioether (sulfide) groups is 1. The minimum absolute atomic E-state index is 0.591. The summed E-state index contributed by atoms with van der Waals surface area (Å²) in [5, 5.41) is 18.3. The average molecular weight is 385 g/mol. The van der Waals surface area contributed by atoms with Crippen LogP contribution in [0.15, 0.2) is 41.0 Å². The number of nitrogens with one attached hydrogen (secondary N) is 2. The maximum Gasteiger partial charge on any atom is 0.247 e. The highest BCUT2D eigenvalue weighted by molar-refractivity contribution is 8.00. The number of thiazole rings is 1. The van der Waals surface area contributed by atoms with Gasteiger partial charge in [0, 0.05) is 13.1 Å². The number of hydrogen-bond donors (Lipinski definition) is 2. The van der Waals surface area contributed by atoms with E-state index in [4.69, 9.17) is 0 Å². The lowest BCUT2D eigenvalue weighted by molar-refractivity contribution is 0.789. The lowest BCUT2D eigenvalue weighted by Gasteiger charge is -2.08. The Morgan fingerprint density at radius 2 is 1.96 bits per heavy atom. The Hall–Kier alpha value is -2.79. The molecular weight excluding hydrogens is 370 g/mol. The molecule has 2 N–H and O–H groups in total. The van der Waals surface area contributed by atoms with Crippen molar-refractivity contribution in [3.63, 3.8) is 0 Å². The van der Waals surface area contributed by atoms with Gasteiger partial charge in [0.25, 0.3) is 0 Å². The fourth-order valence-electron chi connectivity index (χ4n) is 2.34. The molecule has 0 aliphatic carbocycles. The van der Waals surface area contributed by atoms with Crippen LogP contribution in [0.5, 0.6) is 0 Å². The Kier molecular flexibility index (Phi) is 4.88. The van der Waals surface area contributed by atoms with Gasteiger partial charge >= 0.3 is 0 Å². The van der Waals surface area contributed by atoms with Gasteiger partial charge in [0.2, 0.25) is 5.95 Å². The highest BCUT2D eigenvalue weighted by Crippen LogP contribution is 2.30. The number of fused-ring (bicyclic) bond motifs is 1. The second-order valence-electron chi connectivity index (χ2n) is 5.16. The number of hydrogen-bond acceptors (Lipinski definition) is 10. The largest absolute Gasteiger partial charge is 0.367 e. The second kappa shape index (κ2) is 7.62. The third kappa shape index (κ3) is 3.44. The van der Waals surface area contributed by atoms with Gasteiger partial charge in [-0.15, -0.1) is 11.3 Å². The average Bonchev–Trinajstić information content (AvgIpc) is 3.32. The quantitative estimate of drug-likeness (QED) is 0.366. The number of benzene rings is 1. The van der Waals surface area contributed by atoms with Crippen molar-refractivity contribution in [2.24, 2.45) is 0 Å². The number of rotatable bonds is 7. The molecule has 4 aromatic rings. The third-order valence-electron chi connectivity index (χ3n) is 3.52. The molecule has 4 rings (SSSR count). The van der Waals surface area contributed by atoms with E-state index in [-0.39, 0.29) is 0 Å². The molecule has 0 aliphatic rings. The fourth-order valence-corrected chi connectivity index (χ4v) is 3.82. The smallest absolute Gasteiger partial charge is 0.247 e. The Labute approximate surface area is 157 Å². The van der Waals surface area contributed by atoms with E-state index >= 15 is 0 Å². The zero-order valence-corrected chi connectivity index (χ0v) is 15.5. The molecule has 0 radical (unpaired) electrons. The van der Waals surface area contributed by atoms with Crippen LogP contribution in [0.3, 0.4) is 0 Å². The van der Waals surface area contributed by atoms with Gasteiger partial charge in [-0.25, -0.2) is 15.0 Å². The molecule has 0 saturated heterocycles. The summed E-state index contributed by atoms with van der Waals surface area (Å²) in [6, 6.07) is 9.74. The lowest BCUT2D eigenvalue weighted by Crippen LogP contribution is -2.17. The molecule has 0 saturated carbocycles. The second-order valence-corrected chi connectivity index (χ2v) is 7.21. The van der Waals surface area contributed by atoms with E-state index in [0.717, 1.165) is 26.2 Å². The molecule has 26 heavy (non-hydrogen) atoms. The van der Waals surface area contributed by atoms with Crippen molar-refractivity contribution >= 4 is 45.2 Å². The van der Waals surface area contributed by atoms with Gasteiger partial charge in [-0.05, 0) is 28.8 Å². The number of para-hydroxylation sites is 1. The summed E-state index contributed by atoms with van der Waals surface area (Å²) in [5.74, 6) is 1.38. The summed E-state index contributed by atoms with van der Waals surface area (Å²) in [7, 11) is 0. The van der Waals surface area contributed by atoms with E-state index < -0.39 is 0 Å². The van der Waals surface area contributed by atoms with Crippen molar-refractivity contribution in [2.45, 2.75) is 4.34 Å². The minimum Gasteiger partial charge on any atom is -0.367 e. The van der Waals surface area contributed by atoms with Crippen LogP contribution in [0, 0.1) is 0 Å². The zero-order chi connectivity index (χ0) is 17.8. The topological polar surface area (TPSA) is 106 Å². The zero-order valence-electron chi connectivity index (χ0n) is 13.8. The van der Waals surface area contributed by atoms with Crippen molar-refractivity contribution in [3.8, 4) is 5.69 Å². The number of anilines is 2. The summed E-state index contributed by atoms with van der Waals surface area (Å²) < 4.78 is 3.60. The number of nitrogens with zero attached hydrogens (tertiary/aromatic N) is 7. The van der Waals surface area contributed by atoms with E-state index in [1.54, 1.807) is 27.8 Å². The number of tetrazole rings is 1. The molecule has 0 amide bonds. The molecule has 1 aromatic carbocycles. The summed E-state index contributed by atoms with van der Waals surface area (Å²) in [5.41, 5.74) is 1.62. The van der Waals surface area contributed by atoms with Crippen LogP contribution in [-0.2, 0) is 0 Å². The molecule has 132 valence electrons. The van der Waals surface area contributed by atoms with Crippen LogP contribution in [0.25, 0.3) is 16.0 Å². The van der Waals surface area contributed by atoms with Gasteiger partial charge in [-0.1, -0.05) is 35.1 Å². The van der Waals surface area contributed by atoms with Crippen molar-refractivity contribution in [1.29, 1.82) is 0 Å². The Balaban J connectivity index is 1.40. The van der Waals surface area contributed by atoms with Gasteiger partial charge in [0.05, 0.1) is 5.69 Å². The minimum atomic E-state index is 0.591. The Bertz CT molecular complexity index is 999. The van der Waals surface area contributed by atoms with Gasteiger partial charge < -0.3 is 10.6 Å². The molecule has 11 heteroatoms. The Morgan fingerprint density at radius 3 is 2.81 bits per heavy atom. The molecule has 3 aromatic heterocycles. The molecule has 0 spiro atoms. The van der Waals surface area contributed by atoms with Crippen molar-refractivity contribution in [2.75, 3.05) is 30.0 Å². The van der Waals surface area contributed by atoms with E-state index in [9.17, 15) is 0 Å². The fraction of sp³-hybridized carbons (Fsp3) is 0.200. The predicted octanol–water partition coefficient (Wildman–Crippen LogP) is 2.31. The third-order valence-corrected chi connectivity index (χ3v) is 5.55. The van der Waals surface area contributed by atoms with Crippen LogP contribution in [0.4, 0.5) is 11.8 Å². The first-order valence-corrected chi connectivity index (χ1v) is 9.86. The summed E-state index contributed by atoms with van der Waals surface area (Å²) >= 11 is 3.19. The number of aromatic nitrogens is 7. The van der Waals surface area contributed by atoms with Gasteiger partial charge in [-0.2, -0.15) is 4.68 Å². The first kappa shape index (κ1) is 16.7. The van der Waals surface area contributed by atoms with Crippen molar-refractivity contribution in [3.05, 3.63) is 36.7 Å². The van der Waals surface area contributed by atoms with Crippen molar-refractivity contribution < 1.29 is 0 Å². The highest BCUT2D eigenvalue weighted by atomic mass is 32.2. The first-order valence-electron chi connectivity index (χ1n) is 7.82. The van der Waals surface area contributed by atoms with Gasteiger partial charge in [0.1, 0.15) is 16.8 Å². The monoisotopic (exact) mass is 385 g/mol. The van der Waals surface area contributed by atoms with Crippen LogP contribution in [0.2, 0.25) is 0 Å². The lowest BCUT2D eigenvalue weighted by atomic mass is 10.3. The highest BCUT2D eigenvalue weighted by Gasteiger charge is 2.10. The van der Waals surface area contributed by atoms with E-state index in [1.165, 1.54) is 6.33 Å². The first-order chi connectivity index (χ1) is 12.8. The molecule has 0 atom stereocenters. The molecule has 3 heterocycles. The maximum absolute atomic E-state index is 4.45. The van der Waals surface area contributed by atoms with Gasteiger partial charge in [0.15, 0.2) is 9.99 Å². The summed E-state index contributed by atoms with van der Waals surface area (Å²) in [6.07, 6.45) is 3.52. The molecule has 0 fully saturated rings. The molecule has 9 nitrogen and oxygen atoms in total. The van der Waals surface area contributed by atoms with Gasteiger partial charge in [-0.3, -0.25) is 0 Å². The molecular formula is C15H15N9S2. The van der Waals surface area contributed by atoms with E-state index in [1.807, 2.05) is 36.6 Å². The standard InChI is InChI=1S/C15H15N9S2/c1-25-15-20-13-11(26-15)12(18-9-19-13)16-7-8-17-14-21-22-23-24(14)10-5-3-2-4-6-10/h2-6,9H,7-8H2,1H3,(H,16,18,19)(H,17,21,23). The predicted molar refractivity (Wildman–Crippen MR) is 103 cm³/mol. The molecule has 0 bridgehead atoms. The van der Waals surface area contributed by atoms with Crippen molar-refractivity contribution in [1.82, 2.24) is 35.2 Å². The van der Waals surface area contributed by atoms with Crippen LogP contribution in [-0.4, -0.2) is 54.5 Å². The van der Waals surface area contributed by atoms with Crippen LogP contribution in [0.1, 0.15) is 0 Å². The van der Waals surface area contributed by atoms with E-state index in [0.29, 0.717) is 19.0 Å². The maximum atomic E-state index is 4.45. The normalized spacial score (nSPS) is 11.0.